The first kappa shape index (κ1) is 13.1. The molecule has 3 aromatic rings. The molecule has 0 aliphatic heterocycles. The molecule has 3 rings (SSSR count). The third-order valence-corrected chi connectivity index (χ3v) is 4.28. The molecular weight excluding hydrogens is 398 g/mol. The van der Waals surface area contributed by atoms with Crippen LogP contribution in [0.5, 0.6) is 0 Å². The normalized spacial score (nSPS) is 11.1. The maximum absolute atomic E-state index is 13.2. The van der Waals surface area contributed by atoms with Crippen molar-refractivity contribution in [2.75, 3.05) is 0 Å². The van der Waals surface area contributed by atoms with E-state index in [0.29, 0.717) is 9.79 Å². The molecule has 1 aromatic heterocycles. The van der Waals surface area contributed by atoms with Gasteiger partial charge in [0.15, 0.2) is 4.77 Å². The monoisotopic (exact) mass is 404 g/mol. The van der Waals surface area contributed by atoms with Gasteiger partial charge in [0, 0.05) is 3.57 Å². The molecule has 96 valence electrons. The van der Waals surface area contributed by atoms with Crippen LogP contribution in [0.15, 0.2) is 36.4 Å². The van der Waals surface area contributed by atoms with Gasteiger partial charge in [-0.2, -0.15) is 0 Å². The smallest absolute Gasteiger partial charge is 0.182 e. The molecule has 0 saturated carbocycles. The number of hydrogen-bond donors (Lipinski definition) is 1. The number of nitrogens with one attached hydrogen (secondary N) is 1. The highest BCUT2D eigenvalue weighted by atomic mass is 127. The minimum Gasteiger partial charge on any atom is -0.329 e. The molecule has 2 nitrogen and oxygen atoms in total. The van der Waals surface area contributed by atoms with E-state index in [0.717, 1.165) is 20.3 Å². The molecule has 19 heavy (non-hydrogen) atoms. The molecule has 0 amide bonds. The van der Waals surface area contributed by atoms with E-state index < -0.39 is 0 Å². The second-order valence-corrected chi connectivity index (χ2v) is 5.95. The first-order valence-electron chi connectivity index (χ1n) is 5.42. The van der Waals surface area contributed by atoms with E-state index >= 15 is 0 Å². The van der Waals surface area contributed by atoms with Gasteiger partial charge in [0.2, 0.25) is 0 Å². The first-order valence-corrected chi connectivity index (χ1v) is 7.29. The highest BCUT2D eigenvalue weighted by molar-refractivity contribution is 14.1. The van der Waals surface area contributed by atoms with Gasteiger partial charge in [0.05, 0.1) is 21.7 Å². The van der Waals surface area contributed by atoms with Crippen LogP contribution in [0, 0.1) is 14.2 Å². The summed E-state index contributed by atoms with van der Waals surface area (Å²) in [6.45, 7) is 0. The highest BCUT2D eigenvalue weighted by Gasteiger charge is 2.11. The van der Waals surface area contributed by atoms with Crippen LogP contribution in [0.4, 0.5) is 4.39 Å². The predicted molar refractivity (Wildman–Crippen MR) is 86.1 cm³/mol. The standard InChI is InChI=1S/C13H7ClFIN2S/c14-8-2-1-3-11-12(8)17-13(19)18(11)10-5-4-7(15)6-9(10)16/h1-6H,(H,17,19). The number of nitrogens with zero attached hydrogens (tertiary/aromatic N) is 1. The summed E-state index contributed by atoms with van der Waals surface area (Å²) < 4.78 is 16.4. The summed E-state index contributed by atoms with van der Waals surface area (Å²) in [4.78, 5) is 3.08. The van der Waals surface area contributed by atoms with Gasteiger partial charge in [-0.3, -0.25) is 4.57 Å². The van der Waals surface area contributed by atoms with Gasteiger partial charge in [-0.1, -0.05) is 17.7 Å². The Morgan fingerprint density at radius 1 is 1.26 bits per heavy atom. The molecule has 0 radical (unpaired) electrons. The minimum absolute atomic E-state index is 0.266. The Morgan fingerprint density at radius 3 is 2.79 bits per heavy atom. The highest BCUT2D eigenvalue weighted by Crippen LogP contribution is 2.27. The lowest BCUT2D eigenvalue weighted by Gasteiger charge is -2.07. The maximum Gasteiger partial charge on any atom is 0.182 e. The number of H-pyrrole nitrogens is 1. The lowest BCUT2D eigenvalue weighted by Crippen LogP contribution is -1.97. The number of hydrogen-bond acceptors (Lipinski definition) is 1. The Labute approximate surface area is 132 Å². The zero-order chi connectivity index (χ0) is 13.6. The molecule has 6 heteroatoms. The van der Waals surface area contributed by atoms with Gasteiger partial charge in [-0.15, -0.1) is 0 Å². The summed E-state index contributed by atoms with van der Waals surface area (Å²) in [6.07, 6.45) is 0. The predicted octanol–water partition coefficient (Wildman–Crippen LogP) is 5.09. The van der Waals surface area contributed by atoms with E-state index in [-0.39, 0.29) is 5.82 Å². The van der Waals surface area contributed by atoms with Crippen molar-refractivity contribution >= 4 is 57.4 Å². The Hall–Kier alpha value is -0.920. The molecule has 2 aromatic carbocycles. The summed E-state index contributed by atoms with van der Waals surface area (Å²) in [7, 11) is 0. The van der Waals surface area contributed by atoms with Crippen LogP contribution in [0.3, 0.4) is 0 Å². The van der Waals surface area contributed by atoms with E-state index in [1.807, 2.05) is 16.7 Å². The average Bonchev–Trinajstić information content (AvgIpc) is 2.68. The van der Waals surface area contributed by atoms with Crippen molar-refractivity contribution in [1.29, 1.82) is 0 Å². The SMILES string of the molecule is Fc1ccc(-n2c(=S)[nH]c3c(Cl)cccc32)c(I)c1. The lowest BCUT2D eigenvalue weighted by molar-refractivity contribution is 0.626. The number of benzene rings is 2. The Morgan fingerprint density at radius 2 is 2.05 bits per heavy atom. The van der Waals surface area contributed by atoms with Gasteiger partial charge >= 0.3 is 0 Å². The summed E-state index contributed by atoms with van der Waals surface area (Å²) in [5.41, 5.74) is 2.50. The van der Waals surface area contributed by atoms with Gasteiger partial charge in [-0.05, 0) is 65.1 Å². The van der Waals surface area contributed by atoms with Crippen molar-refractivity contribution < 1.29 is 4.39 Å². The number of aromatic nitrogens is 2. The van der Waals surface area contributed by atoms with Crippen LogP contribution in [0.2, 0.25) is 5.02 Å². The molecular formula is C13H7ClFIN2S. The molecule has 0 unspecified atom stereocenters. The second-order valence-electron chi connectivity index (χ2n) is 4.00. The number of aromatic amines is 1. The second kappa shape index (κ2) is 4.88. The lowest BCUT2D eigenvalue weighted by atomic mass is 10.2. The molecule has 1 N–H and O–H groups in total. The van der Waals surface area contributed by atoms with E-state index in [2.05, 4.69) is 27.6 Å². The molecule has 0 aliphatic carbocycles. The van der Waals surface area contributed by atoms with E-state index in [1.165, 1.54) is 12.1 Å². The summed E-state index contributed by atoms with van der Waals surface area (Å²) >= 11 is 13.6. The fraction of sp³-hybridized carbons (Fsp3) is 0. The number of rotatable bonds is 1. The fourth-order valence-electron chi connectivity index (χ4n) is 2.00. The van der Waals surface area contributed by atoms with Crippen molar-refractivity contribution in [2.45, 2.75) is 0 Å². The number of para-hydroxylation sites is 1. The third-order valence-electron chi connectivity index (χ3n) is 2.82. The zero-order valence-electron chi connectivity index (χ0n) is 9.45. The Balaban J connectivity index is 2.40. The van der Waals surface area contributed by atoms with Gasteiger partial charge in [0.1, 0.15) is 5.82 Å². The largest absolute Gasteiger partial charge is 0.329 e. The van der Waals surface area contributed by atoms with E-state index in [9.17, 15) is 4.39 Å². The topological polar surface area (TPSA) is 20.7 Å². The molecule has 0 saturated heterocycles. The van der Waals surface area contributed by atoms with Gasteiger partial charge in [-0.25, -0.2) is 4.39 Å². The van der Waals surface area contributed by atoms with Crippen LogP contribution >= 0.6 is 46.4 Å². The third kappa shape index (κ3) is 2.19. The van der Waals surface area contributed by atoms with Gasteiger partial charge < -0.3 is 4.98 Å². The van der Waals surface area contributed by atoms with Crippen LogP contribution in [0.25, 0.3) is 16.7 Å². The Kier molecular flexibility index (Phi) is 3.36. The Bertz CT molecular complexity index is 840. The van der Waals surface area contributed by atoms with Crippen molar-refractivity contribution in [3.8, 4) is 5.69 Å². The van der Waals surface area contributed by atoms with Crippen LogP contribution in [-0.4, -0.2) is 9.55 Å². The van der Waals surface area contributed by atoms with Crippen molar-refractivity contribution in [1.82, 2.24) is 9.55 Å². The first-order chi connectivity index (χ1) is 9.08. The van der Waals surface area contributed by atoms with Crippen molar-refractivity contribution in [3.05, 3.63) is 55.6 Å². The quantitative estimate of drug-likeness (QED) is 0.443. The number of imidazole rings is 1. The summed E-state index contributed by atoms with van der Waals surface area (Å²) in [6, 6.07) is 10.2. The zero-order valence-corrected chi connectivity index (χ0v) is 13.2. The summed E-state index contributed by atoms with van der Waals surface area (Å²) in [5.74, 6) is -0.266. The maximum atomic E-state index is 13.2. The molecule has 0 bridgehead atoms. The number of halogens is 3. The van der Waals surface area contributed by atoms with Crippen LogP contribution < -0.4 is 0 Å². The van der Waals surface area contributed by atoms with Gasteiger partial charge in [0.25, 0.3) is 0 Å². The molecule has 0 spiro atoms. The minimum atomic E-state index is -0.266. The van der Waals surface area contributed by atoms with Crippen LogP contribution in [0.1, 0.15) is 0 Å². The van der Waals surface area contributed by atoms with E-state index in [1.54, 1.807) is 12.1 Å². The molecule has 0 fully saturated rings. The molecule has 0 aliphatic rings. The van der Waals surface area contributed by atoms with E-state index in [4.69, 9.17) is 23.8 Å². The summed E-state index contributed by atoms with van der Waals surface area (Å²) in [5, 5.41) is 0.611. The fourth-order valence-corrected chi connectivity index (χ4v) is 3.23. The van der Waals surface area contributed by atoms with Crippen molar-refractivity contribution in [2.24, 2.45) is 0 Å². The molecule has 1 heterocycles. The molecule has 0 atom stereocenters. The average molecular weight is 405 g/mol. The van der Waals surface area contributed by atoms with Crippen molar-refractivity contribution in [3.63, 3.8) is 0 Å². The van der Waals surface area contributed by atoms with Crippen LogP contribution in [-0.2, 0) is 0 Å². The number of fused-ring (bicyclic) bond motifs is 1.